The Kier molecular flexibility index (Phi) is 5.97. The van der Waals surface area contributed by atoms with E-state index >= 15 is 0 Å². The third-order valence-corrected chi connectivity index (χ3v) is 4.43. The fourth-order valence-electron chi connectivity index (χ4n) is 2.79. The predicted molar refractivity (Wildman–Crippen MR) is 110 cm³/mol. The summed E-state index contributed by atoms with van der Waals surface area (Å²) in [5.41, 5.74) is 2.52. The number of hydrogen-bond acceptors (Lipinski definition) is 5. The van der Waals surface area contributed by atoms with Gasteiger partial charge < -0.3 is 19.4 Å². The highest BCUT2D eigenvalue weighted by molar-refractivity contribution is 5.94. The number of nitrogens with zero attached hydrogens (tertiary/aromatic N) is 1. The molecule has 29 heavy (non-hydrogen) atoms. The molecule has 7 heteroatoms. The number of hydrogen-bond donors (Lipinski definition) is 1. The number of likely N-dealkylation sites (N-methyl/N-ethyl adjacent to an activating group) is 1. The number of aryl methyl sites for hydroxylation is 2. The average molecular weight is 394 g/mol. The van der Waals surface area contributed by atoms with Crippen LogP contribution in [0.3, 0.4) is 0 Å². The molecule has 0 aliphatic carbocycles. The molecule has 0 unspecified atom stereocenters. The van der Waals surface area contributed by atoms with Crippen molar-refractivity contribution in [1.82, 2.24) is 4.90 Å². The Balaban J connectivity index is 1.55. The lowest BCUT2D eigenvalue weighted by atomic mass is 10.1. The van der Waals surface area contributed by atoms with Gasteiger partial charge in [0.2, 0.25) is 5.91 Å². The lowest BCUT2D eigenvalue weighted by Gasteiger charge is -2.17. The summed E-state index contributed by atoms with van der Waals surface area (Å²) in [6.45, 7) is 3.44. The molecule has 0 fully saturated rings. The lowest BCUT2D eigenvalue weighted by Crippen LogP contribution is -2.37. The van der Waals surface area contributed by atoms with Crippen molar-refractivity contribution in [1.29, 1.82) is 0 Å². The summed E-state index contributed by atoms with van der Waals surface area (Å²) in [7, 11) is 1.53. The van der Waals surface area contributed by atoms with Crippen LogP contribution in [0.5, 0.6) is 5.75 Å². The summed E-state index contributed by atoms with van der Waals surface area (Å²) >= 11 is 0. The molecule has 0 radical (unpaired) electrons. The molecule has 1 N–H and O–H groups in total. The van der Waals surface area contributed by atoms with Crippen molar-refractivity contribution in [2.45, 2.75) is 13.8 Å². The topological polar surface area (TPSA) is 88.9 Å². The normalized spacial score (nSPS) is 10.6. The SMILES string of the molecule is Cc1ccc(NC(=O)CN(C)C(=O)COc2ccc3c(C)cc(=O)oc3c2)cc1. The Morgan fingerprint density at radius 1 is 1.07 bits per heavy atom. The second-order valence-electron chi connectivity index (χ2n) is 6.86. The number of nitrogens with one attached hydrogen (secondary N) is 1. The minimum Gasteiger partial charge on any atom is -0.484 e. The molecule has 0 saturated heterocycles. The first-order valence-corrected chi connectivity index (χ1v) is 9.09. The molecular formula is C22H22N2O5. The van der Waals surface area contributed by atoms with Crippen molar-refractivity contribution in [2.24, 2.45) is 0 Å². The van der Waals surface area contributed by atoms with E-state index in [9.17, 15) is 14.4 Å². The maximum absolute atomic E-state index is 12.3. The maximum atomic E-state index is 12.3. The summed E-state index contributed by atoms with van der Waals surface area (Å²) in [5, 5.41) is 3.54. The highest BCUT2D eigenvalue weighted by atomic mass is 16.5. The van der Waals surface area contributed by atoms with Crippen LogP contribution in [-0.2, 0) is 9.59 Å². The Bertz CT molecular complexity index is 1100. The highest BCUT2D eigenvalue weighted by Crippen LogP contribution is 2.22. The van der Waals surface area contributed by atoms with E-state index in [2.05, 4.69) is 5.32 Å². The van der Waals surface area contributed by atoms with Crippen LogP contribution in [0.15, 0.2) is 57.7 Å². The number of ether oxygens (including phenoxy) is 1. The van der Waals surface area contributed by atoms with E-state index in [1.54, 1.807) is 30.3 Å². The molecular weight excluding hydrogens is 372 g/mol. The van der Waals surface area contributed by atoms with Crippen LogP contribution < -0.4 is 15.7 Å². The minimum absolute atomic E-state index is 0.0954. The molecule has 0 bridgehead atoms. The molecule has 2 aromatic carbocycles. The van der Waals surface area contributed by atoms with Gasteiger partial charge in [-0.25, -0.2) is 4.79 Å². The molecule has 0 aliphatic rings. The molecule has 7 nitrogen and oxygen atoms in total. The number of carbonyl (C=O) groups excluding carboxylic acids is 2. The van der Waals surface area contributed by atoms with Gasteiger partial charge in [-0.2, -0.15) is 0 Å². The predicted octanol–water partition coefficient (Wildman–Crippen LogP) is 2.89. The van der Waals surface area contributed by atoms with E-state index in [0.717, 1.165) is 16.5 Å². The van der Waals surface area contributed by atoms with Crippen LogP contribution in [0, 0.1) is 13.8 Å². The van der Waals surface area contributed by atoms with Gasteiger partial charge in [0, 0.05) is 30.3 Å². The first-order valence-electron chi connectivity index (χ1n) is 9.09. The van der Waals surface area contributed by atoms with Crippen molar-refractivity contribution >= 4 is 28.5 Å². The second kappa shape index (κ2) is 8.60. The number of anilines is 1. The summed E-state index contributed by atoms with van der Waals surface area (Å²) < 4.78 is 10.7. The Morgan fingerprint density at radius 3 is 2.52 bits per heavy atom. The molecule has 0 spiro atoms. The second-order valence-corrected chi connectivity index (χ2v) is 6.86. The molecule has 1 heterocycles. The Hall–Kier alpha value is -3.61. The fraction of sp³-hybridized carbons (Fsp3) is 0.227. The molecule has 1 aromatic heterocycles. The third-order valence-electron chi connectivity index (χ3n) is 4.43. The van der Waals surface area contributed by atoms with Gasteiger partial charge in [0.1, 0.15) is 11.3 Å². The van der Waals surface area contributed by atoms with Gasteiger partial charge in [-0.3, -0.25) is 9.59 Å². The summed E-state index contributed by atoms with van der Waals surface area (Å²) in [4.78, 5) is 37.2. The highest BCUT2D eigenvalue weighted by Gasteiger charge is 2.14. The zero-order valence-electron chi connectivity index (χ0n) is 16.5. The van der Waals surface area contributed by atoms with Gasteiger partial charge in [-0.15, -0.1) is 0 Å². The number of fused-ring (bicyclic) bond motifs is 1. The quantitative estimate of drug-likeness (QED) is 0.650. The molecule has 3 aromatic rings. The van der Waals surface area contributed by atoms with Crippen molar-refractivity contribution < 1.29 is 18.7 Å². The average Bonchev–Trinajstić information content (AvgIpc) is 2.67. The summed E-state index contributed by atoms with van der Waals surface area (Å²) in [6, 6.07) is 13.9. The summed E-state index contributed by atoms with van der Waals surface area (Å²) in [5.74, 6) is -0.250. The van der Waals surface area contributed by atoms with E-state index in [4.69, 9.17) is 9.15 Å². The van der Waals surface area contributed by atoms with Crippen molar-refractivity contribution in [3.63, 3.8) is 0 Å². The van der Waals surface area contributed by atoms with Crippen LogP contribution >= 0.6 is 0 Å². The van der Waals surface area contributed by atoms with Crippen LogP contribution in [0.4, 0.5) is 5.69 Å². The third kappa shape index (κ3) is 5.22. The van der Waals surface area contributed by atoms with Crippen molar-refractivity contribution in [3.05, 3.63) is 70.1 Å². The fourth-order valence-corrected chi connectivity index (χ4v) is 2.79. The van der Waals surface area contributed by atoms with Crippen molar-refractivity contribution in [2.75, 3.05) is 25.5 Å². The zero-order valence-corrected chi connectivity index (χ0v) is 16.5. The van der Waals surface area contributed by atoms with E-state index in [1.165, 1.54) is 18.0 Å². The lowest BCUT2D eigenvalue weighted by molar-refractivity contribution is -0.135. The Morgan fingerprint density at radius 2 is 1.79 bits per heavy atom. The minimum atomic E-state index is -0.442. The van der Waals surface area contributed by atoms with Gasteiger partial charge in [0.05, 0.1) is 6.54 Å². The largest absolute Gasteiger partial charge is 0.484 e. The first kappa shape index (κ1) is 20.1. The molecule has 3 rings (SSSR count). The van der Waals surface area contributed by atoms with E-state index in [-0.39, 0.29) is 25.0 Å². The molecule has 150 valence electrons. The van der Waals surface area contributed by atoms with Gasteiger partial charge in [0.25, 0.3) is 5.91 Å². The Labute approximate surface area is 167 Å². The molecule has 0 saturated carbocycles. The van der Waals surface area contributed by atoms with E-state index < -0.39 is 5.63 Å². The summed E-state index contributed by atoms with van der Waals surface area (Å²) in [6.07, 6.45) is 0. The monoisotopic (exact) mass is 394 g/mol. The molecule has 0 aliphatic heterocycles. The number of amides is 2. The van der Waals surface area contributed by atoms with Crippen LogP contribution in [0.2, 0.25) is 0 Å². The van der Waals surface area contributed by atoms with Crippen LogP contribution in [0.1, 0.15) is 11.1 Å². The zero-order chi connectivity index (χ0) is 21.0. The van der Waals surface area contributed by atoms with Crippen LogP contribution in [0.25, 0.3) is 11.0 Å². The van der Waals surface area contributed by atoms with E-state index in [0.29, 0.717) is 17.0 Å². The van der Waals surface area contributed by atoms with Gasteiger partial charge in [0.15, 0.2) is 6.61 Å². The number of benzene rings is 2. The molecule has 2 amide bonds. The standard InChI is InChI=1S/C22H22N2O5/c1-14-4-6-16(7-5-14)23-20(25)12-24(3)21(26)13-28-17-8-9-18-15(2)10-22(27)29-19(18)11-17/h4-11H,12-13H2,1-3H3,(H,23,25). The van der Waals surface area contributed by atoms with E-state index in [1.807, 2.05) is 26.0 Å². The smallest absolute Gasteiger partial charge is 0.336 e. The number of rotatable bonds is 6. The van der Waals surface area contributed by atoms with Crippen LogP contribution in [-0.4, -0.2) is 36.9 Å². The molecule has 0 atom stereocenters. The van der Waals surface area contributed by atoms with Gasteiger partial charge >= 0.3 is 5.63 Å². The van der Waals surface area contributed by atoms with Crippen molar-refractivity contribution in [3.8, 4) is 5.75 Å². The van der Waals surface area contributed by atoms with Gasteiger partial charge in [-0.05, 0) is 43.7 Å². The first-order chi connectivity index (χ1) is 13.8. The number of carbonyl (C=O) groups is 2. The maximum Gasteiger partial charge on any atom is 0.336 e. The van der Waals surface area contributed by atoms with Gasteiger partial charge in [-0.1, -0.05) is 17.7 Å².